The maximum atomic E-state index is 5.47. The minimum absolute atomic E-state index is 0.424. The molecule has 0 fully saturated rings. The van der Waals surface area contributed by atoms with E-state index in [0.29, 0.717) is 17.9 Å². The molecular formula is C11H24O. The highest BCUT2D eigenvalue weighted by atomic mass is 16.5. The predicted octanol–water partition coefficient (Wildman–Crippen LogP) is 3.34. The second kappa shape index (κ2) is 5.58. The lowest BCUT2D eigenvalue weighted by Crippen LogP contribution is -2.27. The molecule has 0 aromatic carbocycles. The van der Waals surface area contributed by atoms with E-state index in [0.717, 1.165) is 5.92 Å². The summed E-state index contributed by atoms with van der Waals surface area (Å²) >= 11 is 0. The van der Waals surface area contributed by atoms with Crippen LogP contribution < -0.4 is 0 Å². The van der Waals surface area contributed by atoms with Gasteiger partial charge < -0.3 is 4.74 Å². The molecule has 0 unspecified atom stereocenters. The highest BCUT2D eigenvalue weighted by Gasteiger charge is 2.20. The summed E-state index contributed by atoms with van der Waals surface area (Å²) < 4.78 is 5.47. The smallest absolute Gasteiger partial charge is 0.0619 e. The molecule has 0 aliphatic heterocycles. The molecule has 0 radical (unpaired) electrons. The summed E-state index contributed by atoms with van der Waals surface area (Å²) in [5, 5.41) is 0. The zero-order chi connectivity index (χ0) is 9.72. The van der Waals surface area contributed by atoms with Gasteiger partial charge in [-0.05, 0) is 24.2 Å². The fraction of sp³-hybridized carbons (Fsp3) is 1.00. The van der Waals surface area contributed by atoms with Crippen molar-refractivity contribution in [2.75, 3.05) is 7.11 Å². The largest absolute Gasteiger partial charge is 0.381 e. The lowest BCUT2D eigenvalue weighted by molar-refractivity contribution is 0.0164. The number of hydrogen-bond acceptors (Lipinski definition) is 1. The number of methoxy groups -OCH3 is 1. The van der Waals surface area contributed by atoms with Gasteiger partial charge in [0.2, 0.25) is 0 Å². The highest BCUT2D eigenvalue weighted by molar-refractivity contribution is 4.70. The van der Waals surface area contributed by atoms with Gasteiger partial charge >= 0.3 is 0 Å². The zero-order valence-corrected chi connectivity index (χ0v) is 9.42. The third kappa shape index (κ3) is 4.10. The SMILES string of the molecule is CO[C@H](C(C)C)[C@@H](C)CC(C)C. The number of rotatable bonds is 5. The topological polar surface area (TPSA) is 9.23 Å². The summed E-state index contributed by atoms with van der Waals surface area (Å²) in [4.78, 5) is 0. The summed E-state index contributed by atoms with van der Waals surface area (Å²) in [6.07, 6.45) is 1.68. The van der Waals surface area contributed by atoms with Crippen molar-refractivity contribution >= 4 is 0 Å². The second-order valence-electron chi connectivity index (χ2n) is 4.55. The molecule has 0 aliphatic carbocycles. The van der Waals surface area contributed by atoms with Crippen LogP contribution in [0.1, 0.15) is 41.0 Å². The summed E-state index contributed by atoms with van der Waals surface area (Å²) in [7, 11) is 1.82. The normalized spacial score (nSPS) is 17.0. The van der Waals surface area contributed by atoms with E-state index >= 15 is 0 Å². The molecule has 0 saturated carbocycles. The summed E-state index contributed by atoms with van der Waals surface area (Å²) in [6.45, 7) is 11.3. The Balaban J connectivity index is 3.94. The quantitative estimate of drug-likeness (QED) is 0.618. The van der Waals surface area contributed by atoms with Crippen molar-refractivity contribution in [3.63, 3.8) is 0 Å². The zero-order valence-electron chi connectivity index (χ0n) is 9.42. The summed E-state index contributed by atoms with van der Waals surface area (Å²) in [6, 6.07) is 0. The van der Waals surface area contributed by atoms with Gasteiger partial charge in [-0.3, -0.25) is 0 Å². The molecule has 0 heterocycles. The van der Waals surface area contributed by atoms with Crippen molar-refractivity contribution in [3.8, 4) is 0 Å². The van der Waals surface area contributed by atoms with Crippen LogP contribution in [0, 0.1) is 17.8 Å². The van der Waals surface area contributed by atoms with E-state index < -0.39 is 0 Å². The predicted molar refractivity (Wildman–Crippen MR) is 54.3 cm³/mol. The Labute approximate surface area is 77.5 Å². The average Bonchev–Trinajstić information content (AvgIpc) is 1.85. The molecule has 0 bridgehead atoms. The fourth-order valence-corrected chi connectivity index (χ4v) is 2.04. The number of ether oxygens (including phenoxy) is 1. The molecule has 0 aliphatic rings. The summed E-state index contributed by atoms with van der Waals surface area (Å²) in [5.41, 5.74) is 0. The first-order valence-electron chi connectivity index (χ1n) is 5.01. The fourth-order valence-electron chi connectivity index (χ4n) is 2.04. The van der Waals surface area contributed by atoms with Crippen LogP contribution in [0.25, 0.3) is 0 Å². The molecule has 1 nitrogen and oxygen atoms in total. The second-order valence-corrected chi connectivity index (χ2v) is 4.55. The van der Waals surface area contributed by atoms with E-state index in [9.17, 15) is 0 Å². The van der Waals surface area contributed by atoms with Crippen molar-refractivity contribution in [2.24, 2.45) is 17.8 Å². The van der Waals surface area contributed by atoms with Crippen LogP contribution in [0.5, 0.6) is 0 Å². The average molecular weight is 172 g/mol. The van der Waals surface area contributed by atoms with Gasteiger partial charge in [0.05, 0.1) is 6.10 Å². The highest BCUT2D eigenvalue weighted by Crippen LogP contribution is 2.22. The van der Waals surface area contributed by atoms with Gasteiger partial charge in [0.25, 0.3) is 0 Å². The summed E-state index contributed by atoms with van der Waals surface area (Å²) in [5.74, 6) is 2.08. The Morgan fingerprint density at radius 2 is 1.50 bits per heavy atom. The molecule has 12 heavy (non-hydrogen) atoms. The Hall–Kier alpha value is -0.0400. The molecule has 0 saturated heterocycles. The maximum absolute atomic E-state index is 5.47. The third-order valence-electron chi connectivity index (χ3n) is 2.33. The van der Waals surface area contributed by atoms with E-state index in [1.165, 1.54) is 6.42 Å². The molecular weight excluding hydrogens is 148 g/mol. The Bertz CT molecular complexity index is 108. The van der Waals surface area contributed by atoms with Gasteiger partial charge in [-0.1, -0.05) is 34.6 Å². The minimum Gasteiger partial charge on any atom is -0.381 e. The first-order chi connectivity index (χ1) is 5.49. The van der Waals surface area contributed by atoms with Crippen molar-refractivity contribution in [2.45, 2.75) is 47.1 Å². The van der Waals surface area contributed by atoms with Crippen LogP contribution in [0.15, 0.2) is 0 Å². The van der Waals surface area contributed by atoms with Crippen LogP contribution in [0.2, 0.25) is 0 Å². The van der Waals surface area contributed by atoms with Gasteiger partial charge in [-0.25, -0.2) is 0 Å². The van der Waals surface area contributed by atoms with E-state index in [1.54, 1.807) is 0 Å². The van der Waals surface area contributed by atoms with Gasteiger partial charge in [0.1, 0.15) is 0 Å². The van der Waals surface area contributed by atoms with Gasteiger partial charge in [0.15, 0.2) is 0 Å². The van der Waals surface area contributed by atoms with Crippen LogP contribution in [-0.4, -0.2) is 13.2 Å². The van der Waals surface area contributed by atoms with Crippen LogP contribution in [0.4, 0.5) is 0 Å². The van der Waals surface area contributed by atoms with Crippen LogP contribution in [0.3, 0.4) is 0 Å². The molecule has 0 N–H and O–H groups in total. The monoisotopic (exact) mass is 172 g/mol. The lowest BCUT2D eigenvalue weighted by Gasteiger charge is -2.27. The van der Waals surface area contributed by atoms with Gasteiger partial charge in [0, 0.05) is 7.11 Å². The third-order valence-corrected chi connectivity index (χ3v) is 2.33. The molecule has 0 aromatic rings. The van der Waals surface area contributed by atoms with E-state index in [-0.39, 0.29) is 0 Å². The number of hydrogen-bond donors (Lipinski definition) is 0. The Morgan fingerprint density at radius 3 is 1.75 bits per heavy atom. The molecule has 0 aromatic heterocycles. The maximum Gasteiger partial charge on any atom is 0.0619 e. The molecule has 2 atom stereocenters. The van der Waals surface area contributed by atoms with Crippen molar-refractivity contribution < 1.29 is 4.74 Å². The Morgan fingerprint density at radius 1 is 1.00 bits per heavy atom. The van der Waals surface area contributed by atoms with Crippen LogP contribution in [-0.2, 0) is 4.74 Å². The first-order valence-corrected chi connectivity index (χ1v) is 5.01. The molecule has 1 heteroatoms. The van der Waals surface area contributed by atoms with E-state index in [4.69, 9.17) is 4.74 Å². The van der Waals surface area contributed by atoms with Gasteiger partial charge in [-0.2, -0.15) is 0 Å². The van der Waals surface area contributed by atoms with Crippen molar-refractivity contribution in [3.05, 3.63) is 0 Å². The molecule has 0 amide bonds. The molecule has 0 spiro atoms. The first kappa shape index (κ1) is 12.0. The van der Waals surface area contributed by atoms with E-state index in [2.05, 4.69) is 34.6 Å². The molecule has 74 valence electrons. The van der Waals surface area contributed by atoms with Gasteiger partial charge in [-0.15, -0.1) is 0 Å². The Kier molecular flexibility index (Phi) is 5.56. The van der Waals surface area contributed by atoms with E-state index in [1.807, 2.05) is 7.11 Å². The minimum atomic E-state index is 0.424. The van der Waals surface area contributed by atoms with Crippen molar-refractivity contribution in [1.29, 1.82) is 0 Å². The molecule has 0 rings (SSSR count). The standard InChI is InChI=1S/C11H24O/c1-8(2)7-10(5)11(12-6)9(3)4/h8-11H,7H2,1-6H3/t10-,11+/m0/s1. The van der Waals surface area contributed by atoms with Crippen molar-refractivity contribution in [1.82, 2.24) is 0 Å². The lowest BCUT2D eigenvalue weighted by atomic mass is 9.88. The van der Waals surface area contributed by atoms with Crippen LogP contribution >= 0.6 is 0 Å².